The zero-order valence-corrected chi connectivity index (χ0v) is 14.4. The Morgan fingerprint density at radius 1 is 1.28 bits per heavy atom. The molecule has 25 heavy (non-hydrogen) atoms. The van der Waals surface area contributed by atoms with Crippen LogP contribution in [0.3, 0.4) is 0 Å². The molecule has 2 N–H and O–H groups in total. The predicted octanol–water partition coefficient (Wildman–Crippen LogP) is 3.01. The van der Waals surface area contributed by atoms with Gasteiger partial charge in [-0.05, 0) is 37.1 Å². The average molecular weight is 342 g/mol. The molecule has 2 aromatic rings. The normalized spacial score (nSPS) is 11.0. The zero-order chi connectivity index (χ0) is 18.3. The van der Waals surface area contributed by atoms with Crippen LogP contribution in [0.2, 0.25) is 0 Å². The fourth-order valence-electron chi connectivity index (χ4n) is 2.24. The summed E-state index contributed by atoms with van der Waals surface area (Å²) in [5.74, 6) is 0.702. The summed E-state index contributed by atoms with van der Waals surface area (Å²) >= 11 is 0. The monoisotopic (exact) mass is 342 g/mol. The van der Waals surface area contributed by atoms with E-state index >= 15 is 0 Å². The van der Waals surface area contributed by atoms with Gasteiger partial charge in [-0.2, -0.15) is 5.26 Å². The molecule has 6 nitrogen and oxygen atoms in total. The minimum Gasteiger partial charge on any atom is -0.484 e. The van der Waals surface area contributed by atoms with E-state index < -0.39 is 5.60 Å². The third-order valence-corrected chi connectivity index (χ3v) is 4.16. The Morgan fingerprint density at radius 2 is 2.00 bits per heavy atom. The molecule has 0 saturated carbocycles. The Balaban J connectivity index is 1.93. The van der Waals surface area contributed by atoms with Crippen molar-refractivity contribution in [2.45, 2.75) is 38.9 Å². The second kappa shape index (κ2) is 8.36. The molecule has 0 radical (unpaired) electrons. The number of nitrogens with zero attached hydrogens (tertiary/aromatic N) is 1. The van der Waals surface area contributed by atoms with Crippen molar-refractivity contribution >= 4 is 5.91 Å². The van der Waals surface area contributed by atoms with E-state index in [2.05, 4.69) is 11.4 Å². The summed E-state index contributed by atoms with van der Waals surface area (Å²) in [7, 11) is 0. The summed E-state index contributed by atoms with van der Waals surface area (Å²) < 4.78 is 11.0. The number of benzene rings is 1. The molecule has 0 aliphatic heterocycles. The summed E-state index contributed by atoms with van der Waals surface area (Å²) in [4.78, 5) is 12.1. The Labute approximate surface area is 147 Å². The van der Waals surface area contributed by atoms with Crippen molar-refractivity contribution in [2.24, 2.45) is 0 Å². The van der Waals surface area contributed by atoms with E-state index in [4.69, 9.17) is 14.4 Å². The van der Waals surface area contributed by atoms with Crippen LogP contribution in [0.15, 0.2) is 40.8 Å². The number of nitriles is 1. The van der Waals surface area contributed by atoms with Crippen molar-refractivity contribution in [3.63, 3.8) is 0 Å². The molecule has 0 aliphatic rings. The number of aliphatic hydroxyl groups is 1. The SMILES string of the molecule is CCC(O)(CC)CNC(=O)c1ccc(COc2ccccc2C#N)o1. The minimum atomic E-state index is -0.908. The van der Waals surface area contributed by atoms with E-state index in [1.165, 1.54) is 0 Å². The quantitative estimate of drug-likeness (QED) is 0.769. The first-order chi connectivity index (χ1) is 12.0. The highest BCUT2D eigenvalue weighted by molar-refractivity contribution is 5.91. The van der Waals surface area contributed by atoms with Crippen LogP contribution < -0.4 is 10.1 Å². The van der Waals surface area contributed by atoms with E-state index in [9.17, 15) is 9.90 Å². The first-order valence-electron chi connectivity index (χ1n) is 8.22. The number of ether oxygens (including phenoxy) is 1. The highest BCUT2D eigenvalue weighted by atomic mass is 16.5. The van der Waals surface area contributed by atoms with Gasteiger partial charge in [0.2, 0.25) is 0 Å². The number of para-hydroxylation sites is 1. The molecule has 1 aromatic heterocycles. The molecule has 6 heteroatoms. The van der Waals surface area contributed by atoms with Crippen molar-refractivity contribution in [2.75, 3.05) is 6.54 Å². The Hall–Kier alpha value is -2.78. The van der Waals surface area contributed by atoms with E-state index in [0.29, 0.717) is 29.9 Å². The zero-order valence-electron chi connectivity index (χ0n) is 14.4. The number of amides is 1. The lowest BCUT2D eigenvalue weighted by atomic mass is 9.97. The first kappa shape index (κ1) is 18.6. The fourth-order valence-corrected chi connectivity index (χ4v) is 2.24. The molecule has 2 rings (SSSR count). The molecular formula is C19H22N2O4. The second-order valence-corrected chi connectivity index (χ2v) is 5.78. The van der Waals surface area contributed by atoms with Gasteiger partial charge >= 0.3 is 0 Å². The highest BCUT2D eigenvalue weighted by Gasteiger charge is 2.23. The average Bonchev–Trinajstić information content (AvgIpc) is 3.13. The van der Waals surface area contributed by atoms with Gasteiger partial charge in [0.25, 0.3) is 5.91 Å². The molecule has 0 spiro atoms. The van der Waals surface area contributed by atoms with Crippen molar-refractivity contribution in [3.05, 3.63) is 53.5 Å². The topological polar surface area (TPSA) is 95.5 Å². The largest absolute Gasteiger partial charge is 0.484 e. The maximum absolute atomic E-state index is 12.1. The lowest BCUT2D eigenvalue weighted by molar-refractivity contribution is 0.0309. The minimum absolute atomic E-state index is 0.111. The second-order valence-electron chi connectivity index (χ2n) is 5.78. The maximum atomic E-state index is 12.1. The van der Waals surface area contributed by atoms with Gasteiger partial charge < -0.3 is 19.6 Å². The molecule has 1 aromatic carbocycles. The van der Waals surface area contributed by atoms with Crippen molar-refractivity contribution in [1.82, 2.24) is 5.32 Å². The van der Waals surface area contributed by atoms with E-state index in [1.807, 2.05) is 13.8 Å². The standard InChI is InChI=1S/C19H22N2O4/c1-3-19(23,4-2)13-21-18(22)17-10-9-15(25-17)12-24-16-8-6-5-7-14(16)11-20/h5-10,23H,3-4,12-13H2,1-2H3,(H,21,22). The molecule has 1 amide bonds. The third kappa shape index (κ3) is 4.85. The van der Waals surface area contributed by atoms with Crippen LogP contribution in [0.25, 0.3) is 0 Å². The summed E-state index contributed by atoms with van der Waals surface area (Å²) in [5.41, 5.74) is -0.472. The first-order valence-corrected chi connectivity index (χ1v) is 8.22. The molecule has 0 unspecified atom stereocenters. The van der Waals surface area contributed by atoms with Gasteiger partial charge in [-0.25, -0.2) is 0 Å². The molecule has 0 bridgehead atoms. The van der Waals surface area contributed by atoms with Gasteiger partial charge in [-0.1, -0.05) is 26.0 Å². The van der Waals surface area contributed by atoms with E-state index in [1.54, 1.807) is 36.4 Å². The summed E-state index contributed by atoms with van der Waals surface area (Å²) in [6.07, 6.45) is 1.11. The van der Waals surface area contributed by atoms with Gasteiger partial charge in [-0.3, -0.25) is 4.79 Å². The van der Waals surface area contributed by atoms with E-state index in [0.717, 1.165) is 0 Å². The van der Waals surface area contributed by atoms with Crippen LogP contribution in [-0.4, -0.2) is 23.2 Å². The van der Waals surface area contributed by atoms with Crippen LogP contribution in [0.1, 0.15) is 48.6 Å². The Kier molecular flexibility index (Phi) is 6.20. The van der Waals surface area contributed by atoms with Crippen LogP contribution in [0, 0.1) is 11.3 Å². The van der Waals surface area contributed by atoms with Gasteiger partial charge in [0.05, 0.1) is 11.2 Å². The summed E-state index contributed by atoms with van der Waals surface area (Å²) in [6, 6.07) is 12.2. The molecule has 0 fully saturated rings. The molecule has 0 saturated heterocycles. The van der Waals surface area contributed by atoms with Crippen molar-refractivity contribution in [1.29, 1.82) is 5.26 Å². The van der Waals surface area contributed by atoms with E-state index in [-0.39, 0.29) is 24.8 Å². The summed E-state index contributed by atoms with van der Waals surface area (Å²) in [5, 5.41) is 21.9. The lowest BCUT2D eigenvalue weighted by Crippen LogP contribution is -2.41. The van der Waals surface area contributed by atoms with Crippen molar-refractivity contribution in [3.8, 4) is 11.8 Å². The van der Waals surface area contributed by atoms with Crippen LogP contribution in [0.5, 0.6) is 5.75 Å². The lowest BCUT2D eigenvalue weighted by Gasteiger charge is -2.24. The Bertz CT molecular complexity index is 757. The molecular weight excluding hydrogens is 320 g/mol. The van der Waals surface area contributed by atoms with Crippen LogP contribution in [-0.2, 0) is 6.61 Å². The predicted molar refractivity (Wildman–Crippen MR) is 92.1 cm³/mol. The number of nitrogens with one attached hydrogen (secondary N) is 1. The number of carbonyl (C=O) groups excluding carboxylic acids is 1. The molecule has 0 aliphatic carbocycles. The Morgan fingerprint density at radius 3 is 2.68 bits per heavy atom. The van der Waals surface area contributed by atoms with Gasteiger partial charge in [0, 0.05) is 6.54 Å². The highest BCUT2D eigenvalue weighted by Crippen LogP contribution is 2.19. The third-order valence-electron chi connectivity index (χ3n) is 4.16. The van der Waals surface area contributed by atoms with Gasteiger partial charge in [0.1, 0.15) is 24.2 Å². The van der Waals surface area contributed by atoms with Crippen molar-refractivity contribution < 1.29 is 19.1 Å². The molecule has 0 atom stereocenters. The van der Waals surface area contributed by atoms with Crippen LogP contribution in [0.4, 0.5) is 0 Å². The van der Waals surface area contributed by atoms with Gasteiger partial charge in [0.15, 0.2) is 5.76 Å². The van der Waals surface area contributed by atoms with Crippen LogP contribution >= 0.6 is 0 Å². The number of rotatable bonds is 8. The maximum Gasteiger partial charge on any atom is 0.287 e. The number of furan rings is 1. The number of carbonyl (C=O) groups is 1. The van der Waals surface area contributed by atoms with Gasteiger partial charge in [-0.15, -0.1) is 0 Å². The fraction of sp³-hybridized carbons (Fsp3) is 0.368. The molecule has 1 heterocycles. The molecule has 132 valence electrons. The smallest absolute Gasteiger partial charge is 0.287 e. The number of hydrogen-bond donors (Lipinski definition) is 2. The summed E-state index contributed by atoms with van der Waals surface area (Å²) in [6.45, 7) is 4.02. The number of hydrogen-bond acceptors (Lipinski definition) is 5.